The molecule has 0 aliphatic carbocycles. The summed E-state index contributed by atoms with van der Waals surface area (Å²) in [6.07, 6.45) is 1.52. The van der Waals surface area contributed by atoms with Crippen LogP contribution >= 0.6 is 0 Å². The normalized spacial score (nSPS) is 10.7. The van der Waals surface area contributed by atoms with Gasteiger partial charge in [-0.05, 0) is 18.2 Å². The zero-order valence-corrected chi connectivity index (χ0v) is 14.3. The summed E-state index contributed by atoms with van der Waals surface area (Å²) < 4.78 is 11.3. The number of carbonyl (C=O) groups is 2. The molecule has 26 heavy (non-hydrogen) atoms. The molecular formula is C18H17N3O5. The Balaban J connectivity index is 1.72. The van der Waals surface area contributed by atoms with Gasteiger partial charge in [-0.25, -0.2) is 9.48 Å². The van der Waals surface area contributed by atoms with E-state index < -0.39 is 12.6 Å². The maximum atomic E-state index is 12.4. The number of likely N-dealkylation sites (N-methyl/N-ethyl adjacent to an activating group) is 1. The number of hydrogen-bond donors (Lipinski definition) is 0. The zero-order valence-electron chi connectivity index (χ0n) is 14.3. The molecule has 2 aromatic heterocycles. The molecule has 0 saturated carbocycles. The van der Waals surface area contributed by atoms with E-state index in [9.17, 15) is 14.4 Å². The molecule has 0 atom stereocenters. The van der Waals surface area contributed by atoms with Crippen LogP contribution in [0.1, 0.15) is 16.2 Å². The van der Waals surface area contributed by atoms with Crippen LogP contribution in [0.25, 0.3) is 10.8 Å². The van der Waals surface area contributed by atoms with E-state index in [0.717, 1.165) is 4.68 Å². The number of ether oxygens (including phenoxy) is 1. The highest BCUT2D eigenvalue weighted by atomic mass is 16.5. The Morgan fingerprint density at radius 1 is 1.19 bits per heavy atom. The Morgan fingerprint density at radius 3 is 2.62 bits per heavy atom. The first-order valence-corrected chi connectivity index (χ1v) is 7.87. The van der Waals surface area contributed by atoms with Crippen molar-refractivity contribution in [3.05, 3.63) is 64.5 Å². The van der Waals surface area contributed by atoms with Gasteiger partial charge in [0.05, 0.1) is 18.2 Å². The van der Waals surface area contributed by atoms with E-state index in [1.807, 2.05) is 0 Å². The summed E-state index contributed by atoms with van der Waals surface area (Å²) in [7, 11) is 3.03. The van der Waals surface area contributed by atoms with Crippen LogP contribution in [0.15, 0.2) is 51.9 Å². The lowest BCUT2D eigenvalue weighted by atomic mass is 10.1. The second-order valence-corrected chi connectivity index (χ2v) is 5.73. The second-order valence-electron chi connectivity index (χ2n) is 5.73. The minimum atomic E-state index is -0.767. The number of furan rings is 1. The molecule has 8 nitrogen and oxygen atoms in total. The maximum absolute atomic E-state index is 12.4. The number of aromatic nitrogens is 2. The molecular weight excluding hydrogens is 338 g/mol. The second kappa shape index (κ2) is 7.22. The lowest BCUT2D eigenvalue weighted by Gasteiger charge is -2.15. The van der Waals surface area contributed by atoms with Crippen molar-refractivity contribution < 1.29 is 18.7 Å². The number of nitrogens with zero attached hydrogens (tertiary/aromatic N) is 3. The molecule has 1 amide bonds. The third kappa shape index (κ3) is 3.49. The average molecular weight is 355 g/mol. The number of rotatable bonds is 5. The molecule has 8 heteroatoms. The molecule has 0 spiro atoms. The van der Waals surface area contributed by atoms with Gasteiger partial charge in [0.2, 0.25) is 0 Å². The summed E-state index contributed by atoms with van der Waals surface area (Å²) >= 11 is 0. The van der Waals surface area contributed by atoms with E-state index in [1.165, 1.54) is 18.2 Å². The highest BCUT2D eigenvalue weighted by Gasteiger charge is 2.19. The van der Waals surface area contributed by atoms with Crippen molar-refractivity contribution in [3.63, 3.8) is 0 Å². The summed E-state index contributed by atoms with van der Waals surface area (Å²) in [5.41, 5.74) is -0.324. The SMILES string of the molecule is CN(Cc1ccco1)C(=O)COC(=O)c1nn(C)c(=O)c2ccccc12. The van der Waals surface area contributed by atoms with Crippen LogP contribution < -0.4 is 5.56 Å². The number of hydrogen-bond acceptors (Lipinski definition) is 6. The fourth-order valence-electron chi connectivity index (χ4n) is 2.48. The Morgan fingerprint density at radius 2 is 1.92 bits per heavy atom. The monoisotopic (exact) mass is 355 g/mol. The molecule has 0 N–H and O–H groups in total. The first kappa shape index (κ1) is 17.4. The van der Waals surface area contributed by atoms with Gasteiger partial charge in [0, 0.05) is 19.5 Å². The van der Waals surface area contributed by atoms with Crippen LogP contribution in [0.5, 0.6) is 0 Å². The van der Waals surface area contributed by atoms with Crippen molar-refractivity contribution in [3.8, 4) is 0 Å². The van der Waals surface area contributed by atoms with E-state index in [0.29, 0.717) is 16.5 Å². The molecule has 1 aromatic carbocycles. The van der Waals surface area contributed by atoms with Crippen molar-refractivity contribution in [2.24, 2.45) is 7.05 Å². The largest absolute Gasteiger partial charge is 0.467 e. The lowest BCUT2D eigenvalue weighted by Crippen LogP contribution is -2.31. The molecule has 0 unspecified atom stereocenters. The van der Waals surface area contributed by atoms with Gasteiger partial charge in [-0.2, -0.15) is 5.10 Å². The fraction of sp³-hybridized carbons (Fsp3) is 0.222. The summed E-state index contributed by atoms with van der Waals surface area (Å²) in [4.78, 5) is 38.0. The Labute approximate surface area is 148 Å². The quantitative estimate of drug-likeness (QED) is 0.641. The van der Waals surface area contributed by atoms with Crippen molar-refractivity contribution >= 4 is 22.6 Å². The maximum Gasteiger partial charge on any atom is 0.359 e. The number of benzene rings is 1. The van der Waals surface area contributed by atoms with Crippen LogP contribution in [0.4, 0.5) is 0 Å². The highest BCUT2D eigenvalue weighted by molar-refractivity contribution is 6.02. The minimum Gasteiger partial charge on any atom is -0.467 e. The Hall–Kier alpha value is -3.42. The molecule has 0 aliphatic heterocycles. The third-order valence-electron chi connectivity index (χ3n) is 3.88. The van der Waals surface area contributed by atoms with Crippen molar-refractivity contribution in [1.82, 2.24) is 14.7 Å². The van der Waals surface area contributed by atoms with Gasteiger partial charge >= 0.3 is 5.97 Å². The first-order valence-electron chi connectivity index (χ1n) is 7.87. The predicted octanol–water partition coefficient (Wildman–Crippen LogP) is 1.34. The molecule has 0 saturated heterocycles. The number of fused-ring (bicyclic) bond motifs is 1. The van der Waals surface area contributed by atoms with Gasteiger partial charge in [0.25, 0.3) is 11.5 Å². The molecule has 3 aromatic rings. The molecule has 0 fully saturated rings. The van der Waals surface area contributed by atoms with E-state index >= 15 is 0 Å². The zero-order chi connectivity index (χ0) is 18.7. The standard InChI is InChI=1S/C18H17N3O5/c1-20(10-12-6-5-9-25-12)15(22)11-26-18(24)16-13-7-3-4-8-14(13)17(23)21(2)19-16/h3-9H,10-11H2,1-2H3. The lowest BCUT2D eigenvalue weighted by molar-refractivity contribution is -0.134. The van der Waals surface area contributed by atoms with Gasteiger partial charge in [-0.3, -0.25) is 9.59 Å². The third-order valence-corrected chi connectivity index (χ3v) is 3.88. The fourth-order valence-corrected chi connectivity index (χ4v) is 2.48. The van der Waals surface area contributed by atoms with Crippen LogP contribution in [0, 0.1) is 0 Å². The van der Waals surface area contributed by atoms with Crippen LogP contribution in [0.2, 0.25) is 0 Å². The molecule has 0 radical (unpaired) electrons. The van der Waals surface area contributed by atoms with E-state index in [1.54, 1.807) is 43.4 Å². The molecule has 0 bridgehead atoms. The van der Waals surface area contributed by atoms with E-state index in [2.05, 4.69) is 5.10 Å². The van der Waals surface area contributed by atoms with Crippen molar-refractivity contribution in [2.45, 2.75) is 6.54 Å². The van der Waals surface area contributed by atoms with Crippen LogP contribution in [0.3, 0.4) is 0 Å². The topological polar surface area (TPSA) is 94.6 Å². The summed E-state index contributed by atoms with van der Waals surface area (Å²) in [6, 6.07) is 10.1. The Kier molecular flexibility index (Phi) is 4.83. The first-order chi connectivity index (χ1) is 12.5. The van der Waals surface area contributed by atoms with Gasteiger partial charge in [0.1, 0.15) is 5.76 Å². The smallest absolute Gasteiger partial charge is 0.359 e. The van der Waals surface area contributed by atoms with Crippen molar-refractivity contribution in [1.29, 1.82) is 0 Å². The van der Waals surface area contributed by atoms with Crippen LogP contribution in [-0.4, -0.2) is 40.2 Å². The van der Waals surface area contributed by atoms with E-state index in [-0.39, 0.29) is 23.7 Å². The Bertz CT molecular complexity index is 1010. The number of aryl methyl sites for hydroxylation is 1. The van der Waals surface area contributed by atoms with Gasteiger partial charge in [-0.15, -0.1) is 0 Å². The summed E-state index contributed by atoms with van der Waals surface area (Å²) in [5, 5.41) is 4.72. The van der Waals surface area contributed by atoms with Crippen LogP contribution in [-0.2, 0) is 23.1 Å². The van der Waals surface area contributed by atoms with Gasteiger partial charge < -0.3 is 14.1 Å². The summed E-state index contributed by atoms with van der Waals surface area (Å²) in [5.74, 6) is -0.529. The van der Waals surface area contributed by atoms with Gasteiger partial charge in [0.15, 0.2) is 12.3 Å². The minimum absolute atomic E-state index is 0.0100. The molecule has 134 valence electrons. The number of esters is 1. The number of carbonyl (C=O) groups excluding carboxylic acids is 2. The summed E-state index contributed by atoms with van der Waals surface area (Å²) in [6.45, 7) is -0.167. The van der Waals surface area contributed by atoms with Crippen molar-refractivity contribution in [2.75, 3.05) is 13.7 Å². The number of amides is 1. The molecule has 0 aliphatic rings. The van der Waals surface area contributed by atoms with E-state index in [4.69, 9.17) is 9.15 Å². The molecule has 2 heterocycles. The highest BCUT2D eigenvalue weighted by Crippen LogP contribution is 2.14. The van der Waals surface area contributed by atoms with Gasteiger partial charge in [-0.1, -0.05) is 18.2 Å². The average Bonchev–Trinajstić information content (AvgIpc) is 3.15. The predicted molar refractivity (Wildman–Crippen MR) is 92.4 cm³/mol. The molecule has 3 rings (SSSR count).